The standard InChI is InChI=1S/C12H24N2O2/c1-10(8-15)4-3-6-14-11(16)12(2)5-7-13-9-12/h10,13,15H,3-9H2,1-2H3,(H,14,16). The highest BCUT2D eigenvalue weighted by Gasteiger charge is 2.35. The molecule has 0 aromatic rings. The molecule has 1 heterocycles. The highest BCUT2D eigenvalue weighted by molar-refractivity contribution is 5.82. The third-order valence-corrected chi connectivity index (χ3v) is 3.39. The number of carbonyl (C=O) groups is 1. The number of nitrogens with one attached hydrogen (secondary N) is 2. The fourth-order valence-corrected chi connectivity index (χ4v) is 1.97. The van der Waals surface area contributed by atoms with Crippen molar-refractivity contribution >= 4 is 5.91 Å². The molecule has 1 aliphatic rings. The SMILES string of the molecule is CC(CO)CCCNC(=O)C1(C)CCNC1. The molecular weight excluding hydrogens is 204 g/mol. The average molecular weight is 228 g/mol. The van der Waals surface area contributed by atoms with Crippen LogP contribution in [-0.2, 0) is 4.79 Å². The van der Waals surface area contributed by atoms with Gasteiger partial charge >= 0.3 is 0 Å². The number of amides is 1. The predicted molar refractivity (Wildman–Crippen MR) is 64.1 cm³/mol. The first-order valence-electron chi connectivity index (χ1n) is 6.18. The molecule has 0 aliphatic carbocycles. The summed E-state index contributed by atoms with van der Waals surface area (Å²) in [5.74, 6) is 0.495. The monoisotopic (exact) mass is 228 g/mol. The van der Waals surface area contributed by atoms with Crippen molar-refractivity contribution in [3.8, 4) is 0 Å². The third-order valence-electron chi connectivity index (χ3n) is 3.39. The molecule has 16 heavy (non-hydrogen) atoms. The van der Waals surface area contributed by atoms with Crippen LogP contribution in [0.5, 0.6) is 0 Å². The van der Waals surface area contributed by atoms with Crippen molar-refractivity contribution in [2.45, 2.75) is 33.1 Å². The number of aliphatic hydroxyl groups excluding tert-OH is 1. The highest BCUT2D eigenvalue weighted by atomic mass is 16.3. The summed E-state index contributed by atoms with van der Waals surface area (Å²) >= 11 is 0. The minimum atomic E-state index is -0.220. The average Bonchev–Trinajstić information content (AvgIpc) is 2.72. The molecule has 1 fully saturated rings. The first kappa shape index (κ1) is 13.5. The zero-order valence-corrected chi connectivity index (χ0v) is 10.4. The Labute approximate surface area is 97.8 Å². The summed E-state index contributed by atoms with van der Waals surface area (Å²) in [6.45, 7) is 6.70. The number of aliphatic hydroxyl groups is 1. The fourth-order valence-electron chi connectivity index (χ4n) is 1.97. The Bertz CT molecular complexity index is 225. The van der Waals surface area contributed by atoms with E-state index in [9.17, 15) is 4.79 Å². The van der Waals surface area contributed by atoms with Gasteiger partial charge in [0.25, 0.3) is 0 Å². The maximum atomic E-state index is 11.9. The van der Waals surface area contributed by atoms with Crippen LogP contribution in [0.25, 0.3) is 0 Å². The summed E-state index contributed by atoms with van der Waals surface area (Å²) in [5, 5.41) is 15.1. The fraction of sp³-hybridized carbons (Fsp3) is 0.917. The molecule has 3 N–H and O–H groups in total. The number of rotatable bonds is 6. The minimum absolute atomic E-state index is 0.161. The Hall–Kier alpha value is -0.610. The topological polar surface area (TPSA) is 61.4 Å². The van der Waals surface area contributed by atoms with Crippen LogP contribution in [0.15, 0.2) is 0 Å². The Morgan fingerprint density at radius 2 is 2.38 bits per heavy atom. The maximum absolute atomic E-state index is 11.9. The smallest absolute Gasteiger partial charge is 0.227 e. The lowest BCUT2D eigenvalue weighted by Gasteiger charge is -2.21. The maximum Gasteiger partial charge on any atom is 0.227 e. The second-order valence-electron chi connectivity index (χ2n) is 5.17. The van der Waals surface area contributed by atoms with E-state index in [0.29, 0.717) is 5.92 Å². The van der Waals surface area contributed by atoms with Gasteiger partial charge in [0.2, 0.25) is 5.91 Å². The molecular formula is C12H24N2O2. The number of hydrogen-bond acceptors (Lipinski definition) is 3. The van der Waals surface area contributed by atoms with Gasteiger partial charge in [0.05, 0.1) is 5.41 Å². The van der Waals surface area contributed by atoms with E-state index in [4.69, 9.17) is 5.11 Å². The number of carbonyl (C=O) groups excluding carboxylic acids is 1. The normalized spacial score (nSPS) is 26.7. The largest absolute Gasteiger partial charge is 0.396 e. The molecule has 0 radical (unpaired) electrons. The predicted octanol–water partition coefficient (Wildman–Crippen LogP) is 0.511. The molecule has 94 valence electrons. The molecule has 0 aromatic heterocycles. The van der Waals surface area contributed by atoms with Crippen molar-refractivity contribution in [1.29, 1.82) is 0 Å². The van der Waals surface area contributed by atoms with Gasteiger partial charge in [-0.3, -0.25) is 4.79 Å². The van der Waals surface area contributed by atoms with Crippen LogP contribution in [0.2, 0.25) is 0 Å². The summed E-state index contributed by atoms with van der Waals surface area (Å²) in [7, 11) is 0. The van der Waals surface area contributed by atoms with Crippen molar-refractivity contribution in [3.63, 3.8) is 0 Å². The summed E-state index contributed by atoms with van der Waals surface area (Å²) in [4.78, 5) is 11.9. The molecule has 0 saturated carbocycles. The first-order valence-corrected chi connectivity index (χ1v) is 6.18. The van der Waals surface area contributed by atoms with Crippen molar-refractivity contribution in [2.75, 3.05) is 26.2 Å². The summed E-state index contributed by atoms with van der Waals surface area (Å²) in [6, 6.07) is 0. The second-order valence-corrected chi connectivity index (χ2v) is 5.17. The van der Waals surface area contributed by atoms with Crippen LogP contribution < -0.4 is 10.6 Å². The van der Waals surface area contributed by atoms with Gasteiger partial charge in [-0.05, 0) is 38.6 Å². The minimum Gasteiger partial charge on any atom is -0.396 e. The van der Waals surface area contributed by atoms with E-state index in [2.05, 4.69) is 10.6 Å². The van der Waals surface area contributed by atoms with E-state index in [1.165, 1.54) is 0 Å². The molecule has 4 nitrogen and oxygen atoms in total. The molecule has 4 heteroatoms. The Kier molecular flexibility index (Phi) is 5.22. The molecule has 1 aliphatic heterocycles. The van der Waals surface area contributed by atoms with Crippen molar-refractivity contribution in [1.82, 2.24) is 10.6 Å². The van der Waals surface area contributed by atoms with Gasteiger partial charge in [0.1, 0.15) is 0 Å². The zero-order chi connectivity index (χ0) is 12.0. The van der Waals surface area contributed by atoms with Gasteiger partial charge in [-0.15, -0.1) is 0 Å². The summed E-state index contributed by atoms with van der Waals surface area (Å²) < 4.78 is 0. The lowest BCUT2D eigenvalue weighted by molar-refractivity contribution is -0.129. The van der Waals surface area contributed by atoms with Crippen molar-refractivity contribution in [2.24, 2.45) is 11.3 Å². The van der Waals surface area contributed by atoms with E-state index in [0.717, 1.165) is 38.9 Å². The van der Waals surface area contributed by atoms with Gasteiger partial charge in [0.15, 0.2) is 0 Å². The van der Waals surface area contributed by atoms with Gasteiger partial charge in [-0.25, -0.2) is 0 Å². The second kappa shape index (κ2) is 6.21. The van der Waals surface area contributed by atoms with E-state index < -0.39 is 0 Å². The lowest BCUT2D eigenvalue weighted by Crippen LogP contribution is -2.40. The molecule has 2 atom stereocenters. The van der Waals surface area contributed by atoms with E-state index in [-0.39, 0.29) is 17.9 Å². The third kappa shape index (κ3) is 3.76. The van der Waals surface area contributed by atoms with Crippen LogP contribution in [0.1, 0.15) is 33.1 Å². The van der Waals surface area contributed by atoms with Crippen LogP contribution in [0.3, 0.4) is 0 Å². The number of hydrogen-bond donors (Lipinski definition) is 3. The van der Waals surface area contributed by atoms with E-state index in [1.807, 2.05) is 13.8 Å². The summed E-state index contributed by atoms with van der Waals surface area (Å²) in [5.41, 5.74) is -0.220. The van der Waals surface area contributed by atoms with Crippen LogP contribution >= 0.6 is 0 Å². The van der Waals surface area contributed by atoms with Gasteiger partial charge in [0, 0.05) is 19.7 Å². The summed E-state index contributed by atoms with van der Waals surface area (Å²) in [6.07, 6.45) is 2.83. The Morgan fingerprint density at radius 3 is 2.94 bits per heavy atom. The van der Waals surface area contributed by atoms with E-state index >= 15 is 0 Å². The molecule has 2 unspecified atom stereocenters. The van der Waals surface area contributed by atoms with Crippen LogP contribution in [0, 0.1) is 11.3 Å². The molecule has 1 rings (SSSR count). The highest BCUT2D eigenvalue weighted by Crippen LogP contribution is 2.24. The van der Waals surface area contributed by atoms with Crippen LogP contribution in [0.4, 0.5) is 0 Å². The van der Waals surface area contributed by atoms with Crippen LogP contribution in [-0.4, -0.2) is 37.3 Å². The lowest BCUT2D eigenvalue weighted by atomic mass is 9.89. The van der Waals surface area contributed by atoms with E-state index in [1.54, 1.807) is 0 Å². The van der Waals surface area contributed by atoms with Crippen molar-refractivity contribution < 1.29 is 9.90 Å². The van der Waals surface area contributed by atoms with Gasteiger partial charge in [-0.2, -0.15) is 0 Å². The van der Waals surface area contributed by atoms with Gasteiger partial charge < -0.3 is 15.7 Å². The first-order chi connectivity index (χ1) is 7.58. The molecule has 0 spiro atoms. The Balaban J connectivity index is 2.15. The van der Waals surface area contributed by atoms with Crippen molar-refractivity contribution in [3.05, 3.63) is 0 Å². The Morgan fingerprint density at radius 1 is 1.62 bits per heavy atom. The quantitative estimate of drug-likeness (QED) is 0.581. The molecule has 1 saturated heterocycles. The molecule has 0 bridgehead atoms. The zero-order valence-electron chi connectivity index (χ0n) is 10.4. The molecule has 0 aromatic carbocycles. The van der Waals surface area contributed by atoms with Gasteiger partial charge in [-0.1, -0.05) is 6.92 Å². The molecule has 1 amide bonds.